The lowest BCUT2D eigenvalue weighted by Gasteiger charge is -2.10. The van der Waals surface area contributed by atoms with E-state index in [0.29, 0.717) is 16.6 Å². The fourth-order valence-electron chi connectivity index (χ4n) is 4.78. The van der Waals surface area contributed by atoms with Gasteiger partial charge in [0, 0.05) is 21.7 Å². The third-order valence-corrected chi connectivity index (χ3v) is 6.84. The number of azo groups is 1. The fraction of sp³-hybridized carbons (Fsp3) is 0.0968. The van der Waals surface area contributed by atoms with Crippen LogP contribution in [-0.2, 0) is 4.74 Å². The third-order valence-electron chi connectivity index (χ3n) is 6.62. The van der Waals surface area contributed by atoms with Crippen LogP contribution in [0.2, 0.25) is 5.02 Å². The molecule has 0 amide bonds. The van der Waals surface area contributed by atoms with E-state index in [-0.39, 0.29) is 39.0 Å². The van der Waals surface area contributed by atoms with Crippen molar-refractivity contribution in [3.8, 4) is 28.4 Å². The smallest absolute Gasteiger partial charge is 0.338 e. The van der Waals surface area contributed by atoms with Gasteiger partial charge in [-0.1, -0.05) is 23.7 Å². The second-order valence-corrected chi connectivity index (χ2v) is 10.0. The molecule has 0 spiro atoms. The van der Waals surface area contributed by atoms with Gasteiger partial charge in [-0.05, 0) is 85.1 Å². The number of aromatic carboxylic acids is 1. The number of methoxy groups -OCH3 is 1. The van der Waals surface area contributed by atoms with Crippen LogP contribution in [-0.4, -0.2) is 38.9 Å². The first kappa shape index (κ1) is 28.3. The van der Waals surface area contributed by atoms with Crippen molar-refractivity contribution in [2.45, 2.75) is 13.8 Å². The maximum atomic E-state index is 14.0. The zero-order valence-corrected chi connectivity index (χ0v) is 23.3. The summed E-state index contributed by atoms with van der Waals surface area (Å²) in [6.07, 6.45) is 0. The zero-order chi connectivity index (χ0) is 30.3. The van der Waals surface area contributed by atoms with Crippen LogP contribution < -0.4 is 0 Å². The van der Waals surface area contributed by atoms with Crippen LogP contribution in [0.25, 0.3) is 27.7 Å². The summed E-state index contributed by atoms with van der Waals surface area (Å²) >= 11 is 6.29. The molecule has 0 aliphatic rings. The lowest BCUT2D eigenvalue weighted by molar-refractivity contribution is 0.0599. The number of aromatic hydroxyl groups is 2. The van der Waals surface area contributed by atoms with E-state index in [1.54, 1.807) is 12.1 Å². The van der Waals surface area contributed by atoms with Crippen molar-refractivity contribution in [3.63, 3.8) is 0 Å². The first-order valence-electron chi connectivity index (χ1n) is 12.5. The monoisotopic (exact) mass is 587 g/mol. The predicted molar refractivity (Wildman–Crippen MR) is 155 cm³/mol. The molecule has 1 heterocycles. The van der Waals surface area contributed by atoms with E-state index in [1.165, 1.54) is 35.9 Å². The number of carboxylic acids is 1. The van der Waals surface area contributed by atoms with Crippen molar-refractivity contribution in [1.82, 2.24) is 4.57 Å². The molecule has 0 fully saturated rings. The SMILES string of the molecule is COC(=O)c1ccc2c(N=Nc3cc(Cl)cc(-c4ccc(F)c(C(=O)O)c4)c3O)c(O)n(-c3cc(C)cc(C)c3)c2c1. The number of hydrogen-bond acceptors (Lipinski definition) is 7. The molecule has 11 heteroatoms. The third kappa shape index (κ3) is 5.15. The molecule has 0 saturated carbocycles. The van der Waals surface area contributed by atoms with E-state index < -0.39 is 29.1 Å². The number of benzene rings is 4. The summed E-state index contributed by atoms with van der Waals surface area (Å²) in [5.74, 6) is -3.62. The van der Waals surface area contributed by atoms with Crippen LogP contribution >= 0.6 is 11.6 Å². The molecule has 1 aromatic heterocycles. The van der Waals surface area contributed by atoms with E-state index in [9.17, 15) is 29.3 Å². The molecule has 5 aromatic rings. The zero-order valence-electron chi connectivity index (χ0n) is 22.5. The minimum Gasteiger partial charge on any atom is -0.505 e. The Kier molecular flexibility index (Phi) is 7.40. The molecule has 4 aromatic carbocycles. The maximum absolute atomic E-state index is 14.0. The first-order valence-corrected chi connectivity index (χ1v) is 12.9. The number of carbonyl (C=O) groups is 2. The van der Waals surface area contributed by atoms with Gasteiger partial charge in [0.15, 0.2) is 11.4 Å². The molecule has 5 rings (SSSR count). The van der Waals surface area contributed by atoms with Gasteiger partial charge in [0.1, 0.15) is 11.5 Å². The van der Waals surface area contributed by atoms with Gasteiger partial charge in [0.2, 0.25) is 5.88 Å². The Morgan fingerprint density at radius 3 is 2.31 bits per heavy atom. The molecular weight excluding hydrogens is 565 g/mol. The number of carbonyl (C=O) groups excluding carboxylic acids is 1. The number of ether oxygens (including phenoxy) is 1. The summed E-state index contributed by atoms with van der Waals surface area (Å²) in [7, 11) is 1.27. The number of fused-ring (bicyclic) bond motifs is 1. The van der Waals surface area contributed by atoms with Gasteiger partial charge >= 0.3 is 11.9 Å². The molecule has 0 saturated heterocycles. The van der Waals surface area contributed by atoms with Gasteiger partial charge < -0.3 is 20.1 Å². The number of esters is 1. The van der Waals surface area contributed by atoms with E-state index >= 15 is 0 Å². The quantitative estimate of drug-likeness (QED) is 0.136. The van der Waals surface area contributed by atoms with Crippen molar-refractivity contribution >= 4 is 45.8 Å². The van der Waals surface area contributed by atoms with Crippen molar-refractivity contribution in [1.29, 1.82) is 0 Å². The summed E-state index contributed by atoms with van der Waals surface area (Å²) in [6, 6.07) is 16.5. The highest BCUT2D eigenvalue weighted by atomic mass is 35.5. The van der Waals surface area contributed by atoms with E-state index in [1.807, 2.05) is 32.0 Å². The number of halogens is 2. The highest BCUT2D eigenvalue weighted by molar-refractivity contribution is 6.31. The van der Waals surface area contributed by atoms with E-state index in [0.717, 1.165) is 23.3 Å². The van der Waals surface area contributed by atoms with Gasteiger partial charge in [-0.25, -0.2) is 14.0 Å². The average molecular weight is 588 g/mol. The molecule has 0 unspecified atom stereocenters. The van der Waals surface area contributed by atoms with Crippen LogP contribution in [0.3, 0.4) is 0 Å². The number of rotatable bonds is 6. The van der Waals surface area contributed by atoms with Crippen LogP contribution in [0.5, 0.6) is 11.6 Å². The highest BCUT2D eigenvalue weighted by Gasteiger charge is 2.21. The van der Waals surface area contributed by atoms with Crippen molar-refractivity contribution in [2.24, 2.45) is 10.2 Å². The van der Waals surface area contributed by atoms with Gasteiger partial charge in [-0.3, -0.25) is 4.57 Å². The van der Waals surface area contributed by atoms with Crippen LogP contribution in [0.4, 0.5) is 15.8 Å². The summed E-state index contributed by atoms with van der Waals surface area (Å²) in [5, 5.41) is 40.7. The minimum atomic E-state index is -1.47. The lowest BCUT2D eigenvalue weighted by Crippen LogP contribution is -2.01. The molecule has 9 nitrogen and oxygen atoms in total. The standard InChI is InChI=1S/C31H23ClFN3O6/c1-15-8-16(2)10-20(9-15)36-26-12-18(31(41)42-3)4-6-21(26)27(29(36)38)35-34-25-14-19(32)13-22(28(25)37)17-5-7-24(33)23(11-17)30(39)40/h4-14,37-38H,1-3H3,(H,39,40). The Morgan fingerprint density at radius 1 is 0.929 bits per heavy atom. The number of hydrogen-bond donors (Lipinski definition) is 3. The Labute approximate surface area is 243 Å². The van der Waals surface area contributed by atoms with Crippen LogP contribution in [0.15, 0.2) is 77.0 Å². The highest BCUT2D eigenvalue weighted by Crippen LogP contribution is 2.45. The Morgan fingerprint density at radius 2 is 1.64 bits per heavy atom. The molecule has 0 atom stereocenters. The molecule has 42 heavy (non-hydrogen) atoms. The largest absolute Gasteiger partial charge is 0.505 e. The number of carboxylic acid groups (broad SMARTS) is 1. The topological polar surface area (TPSA) is 134 Å². The lowest BCUT2D eigenvalue weighted by atomic mass is 10.0. The van der Waals surface area contributed by atoms with Crippen LogP contribution in [0.1, 0.15) is 31.8 Å². The fourth-order valence-corrected chi connectivity index (χ4v) is 5.00. The summed E-state index contributed by atoms with van der Waals surface area (Å²) in [4.78, 5) is 23.7. The molecule has 0 bridgehead atoms. The van der Waals surface area contributed by atoms with E-state index in [2.05, 4.69) is 10.2 Å². The second kappa shape index (κ2) is 11.0. The predicted octanol–water partition coefficient (Wildman–Crippen LogP) is 8.02. The van der Waals surface area contributed by atoms with Gasteiger partial charge in [-0.2, -0.15) is 0 Å². The maximum Gasteiger partial charge on any atom is 0.338 e. The number of aromatic nitrogens is 1. The summed E-state index contributed by atoms with van der Waals surface area (Å²) in [6.45, 7) is 3.83. The Balaban J connectivity index is 1.68. The normalized spacial score (nSPS) is 11.4. The Bertz CT molecular complexity index is 1930. The molecular formula is C31H23ClFN3O6. The minimum absolute atomic E-state index is 0.0523. The van der Waals surface area contributed by atoms with Crippen LogP contribution in [0, 0.1) is 19.7 Å². The summed E-state index contributed by atoms with van der Waals surface area (Å²) < 4.78 is 20.4. The first-order chi connectivity index (χ1) is 20.0. The Hall–Kier alpha value is -5.22. The van der Waals surface area contributed by atoms with Gasteiger partial charge in [0.25, 0.3) is 0 Å². The van der Waals surface area contributed by atoms with E-state index in [4.69, 9.17) is 16.3 Å². The van der Waals surface area contributed by atoms with Crippen molar-refractivity contribution < 1.29 is 34.0 Å². The summed E-state index contributed by atoms with van der Waals surface area (Å²) in [5.41, 5.74) is 2.91. The molecule has 0 radical (unpaired) electrons. The number of phenolic OH excluding ortho intramolecular Hbond substituents is 1. The molecule has 212 valence electrons. The number of phenols is 1. The molecule has 0 aliphatic heterocycles. The second-order valence-electron chi connectivity index (χ2n) is 9.60. The van der Waals surface area contributed by atoms with Crippen molar-refractivity contribution in [2.75, 3.05) is 7.11 Å². The van der Waals surface area contributed by atoms with Crippen molar-refractivity contribution in [3.05, 3.63) is 99.8 Å². The number of nitrogens with zero attached hydrogens (tertiary/aromatic N) is 3. The van der Waals surface area contributed by atoms with Gasteiger partial charge in [0.05, 0.1) is 23.8 Å². The molecule has 0 aliphatic carbocycles. The molecule has 3 N–H and O–H groups in total. The number of aryl methyl sites for hydroxylation is 2. The van der Waals surface area contributed by atoms with Gasteiger partial charge in [-0.15, -0.1) is 10.2 Å². The average Bonchev–Trinajstić information content (AvgIpc) is 3.22.